The lowest BCUT2D eigenvalue weighted by Crippen LogP contribution is -2.54. The molecule has 27 heavy (non-hydrogen) atoms. The SMILES string of the molecule is Cc1cnc(CN2C[C@]3(CCCN(c4ccc(C)nn4)C3)CCC2=O)cn1. The van der Waals surface area contributed by atoms with Gasteiger partial charge in [-0.25, -0.2) is 0 Å². The van der Waals surface area contributed by atoms with Crippen molar-refractivity contribution in [1.82, 2.24) is 25.1 Å². The quantitative estimate of drug-likeness (QED) is 0.830. The minimum atomic E-state index is 0.122. The molecule has 7 nitrogen and oxygen atoms in total. The average molecular weight is 366 g/mol. The van der Waals surface area contributed by atoms with Crippen LogP contribution in [0.4, 0.5) is 5.82 Å². The number of carbonyl (C=O) groups excluding carboxylic acids is 1. The molecule has 2 saturated heterocycles. The summed E-state index contributed by atoms with van der Waals surface area (Å²) in [4.78, 5) is 25.6. The fourth-order valence-corrected chi connectivity index (χ4v) is 4.24. The molecule has 0 saturated carbocycles. The first-order valence-electron chi connectivity index (χ1n) is 9.64. The number of hydrogen-bond acceptors (Lipinski definition) is 6. The Labute approximate surface area is 159 Å². The Morgan fingerprint density at radius 1 is 1.04 bits per heavy atom. The van der Waals surface area contributed by atoms with Gasteiger partial charge in [-0.05, 0) is 45.2 Å². The monoisotopic (exact) mass is 366 g/mol. The van der Waals surface area contributed by atoms with Crippen LogP contribution < -0.4 is 4.90 Å². The highest BCUT2D eigenvalue weighted by Crippen LogP contribution is 2.40. The topological polar surface area (TPSA) is 75.1 Å². The van der Waals surface area contributed by atoms with Crippen LogP contribution in [0.15, 0.2) is 24.5 Å². The Morgan fingerprint density at radius 3 is 2.67 bits per heavy atom. The molecule has 1 amide bonds. The number of piperidine rings is 2. The summed E-state index contributed by atoms with van der Waals surface area (Å²) in [5.41, 5.74) is 2.79. The van der Waals surface area contributed by atoms with Crippen LogP contribution >= 0.6 is 0 Å². The summed E-state index contributed by atoms with van der Waals surface area (Å²) >= 11 is 0. The van der Waals surface area contributed by atoms with E-state index in [-0.39, 0.29) is 11.3 Å². The van der Waals surface area contributed by atoms with Crippen LogP contribution in [0.1, 0.15) is 42.8 Å². The van der Waals surface area contributed by atoms with Crippen LogP contribution in [0.5, 0.6) is 0 Å². The third kappa shape index (κ3) is 3.91. The molecule has 0 N–H and O–H groups in total. The highest BCUT2D eigenvalue weighted by Gasteiger charge is 2.42. The standard InChI is InChI=1S/C20H26N6O/c1-15-4-5-18(24-23-15)25-9-3-7-20(13-25)8-6-19(27)26(14-20)12-17-11-21-16(2)10-22-17/h4-5,10-11H,3,6-9,12-14H2,1-2H3/t20-/m1/s1. The molecule has 0 aliphatic carbocycles. The van der Waals surface area contributed by atoms with Gasteiger partial charge in [-0.2, -0.15) is 5.10 Å². The van der Waals surface area contributed by atoms with Crippen LogP contribution in [0.2, 0.25) is 0 Å². The van der Waals surface area contributed by atoms with Crippen molar-refractivity contribution in [3.8, 4) is 0 Å². The van der Waals surface area contributed by atoms with E-state index in [0.717, 1.165) is 61.8 Å². The third-order valence-electron chi connectivity index (χ3n) is 5.70. The normalized spacial score (nSPS) is 23.1. The van der Waals surface area contributed by atoms with E-state index in [1.165, 1.54) is 0 Å². The molecule has 7 heteroatoms. The predicted octanol–water partition coefficient (Wildman–Crippen LogP) is 2.29. The number of aryl methyl sites for hydroxylation is 2. The summed E-state index contributed by atoms with van der Waals surface area (Å²) in [6.45, 7) is 7.11. The van der Waals surface area contributed by atoms with Gasteiger partial charge >= 0.3 is 0 Å². The van der Waals surface area contributed by atoms with E-state index in [0.29, 0.717) is 13.0 Å². The molecule has 2 aliphatic heterocycles. The minimum absolute atomic E-state index is 0.122. The van der Waals surface area contributed by atoms with Gasteiger partial charge < -0.3 is 9.80 Å². The Hall–Kier alpha value is -2.57. The van der Waals surface area contributed by atoms with Gasteiger partial charge in [0, 0.05) is 37.7 Å². The average Bonchev–Trinajstić information content (AvgIpc) is 2.67. The summed E-state index contributed by atoms with van der Waals surface area (Å²) in [6.07, 6.45) is 7.34. The Morgan fingerprint density at radius 2 is 1.93 bits per heavy atom. The smallest absolute Gasteiger partial charge is 0.222 e. The fourth-order valence-electron chi connectivity index (χ4n) is 4.24. The molecular weight excluding hydrogens is 340 g/mol. The molecule has 4 heterocycles. The van der Waals surface area contributed by atoms with E-state index < -0.39 is 0 Å². The van der Waals surface area contributed by atoms with Gasteiger partial charge in [-0.3, -0.25) is 14.8 Å². The highest BCUT2D eigenvalue weighted by atomic mass is 16.2. The fraction of sp³-hybridized carbons (Fsp3) is 0.550. The third-order valence-corrected chi connectivity index (χ3v) is 5.70. The van der Waals surface area contributed by atoms with E-state index in [1.54, 1.807) is 12.4 Å². The van der Waals surface area contributed by atoms with Gasteiger partial charge in [0.15, 0.2) is 5.82 Å². The number of nitrogens with zero attached hydrogens (tertiary/aromatic N) is 6. The molecule has 2 aromatic heterocycles. The van der Waals surface area contributed by atoms with Crippen molar-refractivity contribution >= 4 is 11.7 Å². The van der Waals surface area contributed by atoms with Crippen molar-refractivity contribution in [3.63, 3.8) is 0 Å². The van der Waals surface area contributed by atoms with Crippen molar-refractivity contribution in [3.05, 3.63) is 41.6 Å². The molecule has 2 fully saturated rings. The van der Waals surface area contributed by atoms with Gasteiger partial charge in [0.1, 0.15) is 0 Å². The first-order chi connectivity index (χ1) is 13.0. The van der Waals surface area contributed by atoms with Crippen LogP contribution in [0, 0.1) is 19.3 Å². The number of anilines is 1. The predicted molar refractivity (Wildman–Crippen MR) is 102 cm³/mol. The maximum absolute atomic E-state index is 12.5. The van der Waals surface area contributed by atoms with E-state index in [2.05, 4.69) is 31.1 Å². The maximum Gasteiger partial charge on any atom is 0.222 e. The van der Waals surface area contributed by atoms with Crippen molar-refractivity contribution in [1.29, 1.82) is 0 Å². The zero-order valence-electron chi connectivity index (χ0n) is 16.1. The van der Waals surface area contributed by atoms with Gasteiger partial charge in [0.05, 0.1) is 29.8 Å². The zero-order chi connectivity index (χ0) is 18.9. The second-order valence-electron chi connectivity index (χ2n) is 7.96. The van der Waals surface area contributed by atoms with E-state index in [4.69, 9.17) is 0 Å². The molecule has 1 atom stereocenters. The second-order valence-corrected chi connectivity index (χ2v) is 7.96. The van der Waals surface area contributed by atoms with Gasteiger partial charge in [-0.1, -0.05) is 0 Å². The van der Waals surface area contributed by atoms with Gasteiger partial charge in [-0.15, -0.1) is 5.10 Å². The number of likely N-dealkylation sites (tertiary alicyclic amines) is 1. The van der Waals surface area contributed by atoms with Crippen LogP contribution in [-0.4, -0.2) is 50.6 Å². The summed E-state index contributed by atoms with van der Waals surface area (Å²) in [5, 5.41) is 8.57. The lowest BCUT2D eigenvalue weighted by atomic mass is 9.73. The Bertz CT molecular complexity index is 806. The summed E-state index contributed by atoms with van der Waals surface area (Å²) in [5.74, 6) is 1.16. The van der Waals surface area contributed by atoms with Crippen molar-refractivity contribution in [2.24, 2.45) is 5.41 Å². The first-order valence-corrected chi connectivity index (χ1v) is 9.64. The molecule has 4 rings (SSSR count). The number of aromatic nitrogens is 4. The molecule has 0 aromatic carbocycles. The van der Waals surface area contributed by atoms with Crippen LogP contribution in [-0.2, 0) is 11.3 Å². The van der Waals surface area contributed by atoms with Crippen molar-refractivity contribution in [2.45, 2.75) is 46.1 Å². The highest BCUT2D eigenvalue weighted by molar-refractivity contribution is 5.77. The molecule has 2 aliphatic rings. The minimum Gasteiger partial charge on any atom is -0.355 e. The molecule has 0 unspecified atom stereocenters. The largest absolute Gasteiger partial charge is 0.355 e. The number of rotatable bonds is 3. The number of carbonyl (C=O) groups is 1. The van der Waals surface area contributed by atoms with Crippen molar-refractivity contribution in [2.75, 3.05) is 24.5 Å². The van der Waals surface area contributed by atoms with Gasteiger partial charge in [0.25, 0.3) is 0 Å². The van der Waals surface area contributed by atoms with Crippen molar-refractivity contribution < 1.29 is 4.79 Å². The maximum atomic E-state index is 12.5. The summed E-state index contributed by atoms with van der Waals surface area (Å²) < 4.78 is 0. The molecule has 0 bridgehead atoms. The second kappa shape index (κ2) is 7.21. The molecule has 142 valence electrons. The van der Waals surface area contributed by atoms with Crippen LogP contribution in [0.25, 0.3) is 0 Å². The van der Waals surface area contributed by atoms with Gasteiger partial charge in [0.2, 0.25) is 5.91 Å². The summed E-state index contributed by atoms with van der Waals surface area (Å²) in [7, 11) is 0. The summed E-state index contributed by atoms with van der Waals surface area (Å²) in [6, 6.07) is 4.06. The lowest BCUT2D eigenvalue weighted by Gasteiger charge is -2.48. The first kappa shape index (κ1) is 17.8. The molecule has 1 spiro atoms. The molecule has 2 aromatic rings. The number of hydrogen-bond donors (Lipinski definition) is 0. The zero-order valence-corrected chi connectivity index (χ0v) is 16.1. The van der Waals surface area contributed by atoms with E-state index >= 15 is 0 Å². The van der Waals surface area contributed by atoms with E-state index in [1.807, 2.05) is 24.8 Å². The van der Waals surface area contributed by atoms with E-state index in [9.17, 15) is 4.79 Å². The molecular formula is C20H26N6O. The molecule has 0 radical (unpaired) electrons. The lowest BCUT2D eigenvalue weighted by molar-refractivity contribution is -0.138. The van der Waals surface area contributed by atoms with Crippen LogP contribution in [0.3, 0.4) is 0 Å². The Balaban J connectivity index is 1.49. The Kier molecular flexibility index (Phi) is 4.76. The number of amides is 1.